The van der Waals surface area contributed by atoms with Gasteiger partial charge in [0.15, 0.2) is 5.96 Å². The van der Waals surface area contributed by atoms with E-state index < -0.39 is 0 Å². The predicted octanol–water partition coefficient (Wildman–Crippen LogP) is 3.65. The van der Waals surface area contributed by atoms with Crippen molar-refractivity contribution in [2.24, 2.45) is 16.3 Å². The molecular weight excluding hydrogens is 432 g/mol. The number of aliphatic imine (C=N–C) groups is 1. The van der Waals surface area contributed by atoms with Crippen molar-refractivity contribution in [1.82, 2.24) is 10.2 Å². The minimum Gasteiger partial charge on any atom is -0.377 e. The molecule has 1 aliphatic heterocycles. The Morgan fingerprint density at radius 1 is 1.44 bits per heavy atom. The van der Waals surface area contributed by atoms with Gasteiger partial charge < -0.3 is 15.0 Å². The average Bonchev–Trinajstić information content (AvgIpc) is 2.55. The Morgan fingerprint density at radius 3 is 2.88 bits per heavy atom. The highest BCUT2D eigenvalue weighted by atomic mass is 127. The van der Waals surface area contributed by atoms with Gasteiger partial charge in [-0.2, -0.15) is 0 Å². The highest BCUT2D eigenvalue weighted by Gasteiger charge is 2.58. The molecule has 1 saturated heterocycles. The van der Waals surface area contributed by atoms with Gasteiger partial charge in [0.05, 0.1) is 6.10 Å². The van der Waals surface area contributed by atoms with Crippen molar-refractivity contribution in [3.63, 3.8) is 0 Å². The van der Waals surface area contributed by atoms with Gasteiger partial charge in [0.25, 0.3) is 0 Å². The van der Waals surface area contributed by atoms with Crippen LogP contribution in [-0.4, -0.2) is 43.7 Å². The molecule has 0 aromatic heterocycles. The van der Waals surface area contributed by atoms with Crippen molar-refractivity contribution < 1.29 is 9.13 Å². The molecule has 1 aromatic rings. The SMILES string of the molecule is CN=C(NC1C2CCCOC2C1(C)C)N(C)Cc1cccc(F)c1.I. The van der Waals surface area contributed by atoms with Gasteiger partial charge in [-0.3, -0.25) is 4.99 Å². The van der Waals surface area contributed by atoms with Gasteiger partial charge in [0.1, 0.15) is 5.82 Å². The molecule has 0 bridgehead atoms. The summed E-state index contributed by atoms with van der Waals surface area (Å²) in [6.45, 7) is 6.02. The largest absolute Gasteiger partial charge is 0.377 e. The van der Waals surface area contributed by atoms with E-state index in [0.29, 0.717) is 24.6 Å². The first-order valence-electron chi connectivity index (χ1n) is 8.74. The van der Waals surface area contributed by atoms with E-state index in [9.17, 15) is 4.39 Å². The molecule has 0 spiro atoms. The van der Waals surface area contributed by atoms with Crippen LogP contribution in [0.4, 0.5) is 4.39 Å². The van der Waals surface area contributed by atoms with Crippen LogP contribution in [0.3, 0.4) is 0 Å². The molecule has 1 saturated carbocycles. The zero-order chi connectivity index (χ0) is 17.3. The Balaban J connectivity index is 0.00000225. The van der Waals surface area contributed by atoms with E-state index >= 15 is 0 Å². The summed E-state index contributed by atoms with van der Waals surface area (Å²) in [7, 11) is 3.78. The maximum atomic E-state index is 13.4. The summed E-state index contributed by atoms with van der Waals surface area (Å²) in [5, 5.41) is 3.63. The lowest BCUT2D eigenvalue weighted by molar-refractivity contribution is -0.188. The van der Waals surface area contributed by atoms with Gasteiger partial charge in [-0.1, -0.05) is 26.0 Å². The molecule has 3 rings (SSSR count). The van der Waals surface area contributed by atoms with Crippen LogP contribution in [0.2, 0.25) is 0 Å². The van der Waals surface area contributed by atoms with Crippen LogP contribution in [0.15, 0.2) is 29.3 Å². The minimum atomic E-state index is -0.203. The Kier molecular flexibility index (Phi) is 6.70. The number of guanidine groups is 1. The number of rotatable bonds is 3. The van der Waals surface area contributed by atoms with E-state index in [-0.39, 0.29) is 35.2 Å². The maximum absolute atomic E-state index is 13.4. The van der Waals surface area contributed by atoms with Crippen molar-refractivity contribution >= 4 is 29.9 Å². The third-order valence-corrected chi connectivity index (χ3v) is 5.50. The lowest BCUT2D eigenvalue weighted by Crippen LogP contribution is -2.71. The number of benzene rings is 1. The third kappa shape index (κ3) is 4.10. The van der Waals surface area contributed by atoms with Crippen LogP contribution in [0, 0.1) is 17.2 Å². The third-order valence-electron chi connectivity index (χ3n) is 5.50. The first kappa shape index (κ1) is 20.4. The van der Waals surface area contributed by atoms with Crippen molar-refractivity contribution in [1.29, 1.82) is 0 Å². The number of hydrogen-bond donors (Lipinski definition) is 1. The van der Waals surface area contributed by atoms with Crippen molar-refractivity contribution in [3.8, 4) is 0 Å². The highest BCUT2D eigenvalue weighted by molar-refractivity contribution is 14.0. The Bertz CT molecular complexity index is 622. The molecule has 2 fully saturated rings. The lowest BCUT2D eigenvalue weighted by Gasteiger charge is -2.60. The average molecular weight is 461 g/mol. The summed E-state index contributed by atoms with van der Waals surface area (Å²) in [4.78, 5) is 6.47. The summed E-state index contributed by atoms with van der Waals surface area (Å²) in [6.07, 6.45) is 2.68. The Labute approximate surface area is 167 Å². The van der Waals surface area contributed by atoms with Crippen molar-refractivity contribution in [2.75, 3.05) is 20.7 Å². The number of hydrogen-bond acceptors (Lipinski definition) is 2. The molecule has 3 atom stereocenters. The van der Waals surface area contributed by atoms with E-state index in [1.807, 2.05) is 18.0 Å². The van der Waals surface area contributed by atoms with E-state index in [1.165, 1.54) is 12.5 Å². The van der Waals surface area contributed by atoms with Crippen LogP contribution in [0.25, 0.3) is 0 Å². The van der Waals surface area contributed by atoms with Gasteiger partial charge >= 0.3 is 0 Å². The van der Waals surface area contributed by atoms with Gasteiger partial charge in [-0.05, 0) is 30.5 Å². The second-order valence-electron chi connectivity index (χ2n) is 7.57. The van der Waals surface area contributed by atoms with Crippen molar-refractivity contribution in [2.45, 2.75) is 45.4 Å². The van der Waals surface area contributed by atoms with Crippen LogP contribution in [0.1, 0.15) is 32.3 Å². The summed E-state index contributed by atoms with van der Waals surface area (Å²) in [6, 6.07) is 7.08. The second-order valence-corrected chi connectivity index (χ2v) is 7.57. The quantitative estimate of drug-likeness (QED) is 0.424. The maximum Gasteiger partial charge on any atom is 0.193 e. The van der Waals surface area contributed by atoms with E-state index in [4.69, 9.17) is 4.74 Å². The molecule has 25 heavy (non-hydrogen) atoms. The number of fused-ring (bicyclic) bond motifs is 1. The first-order valence-corrected chi connectivity index (χ1v) is 8.74. The van der Waals surface area contributed by atoms with E-state index in [1.54, 1.807) is 19.2 Å². The van der Waals surface area contributed by atoms with Crippen LogP contribution in [-0.2, 0) is 11.3 Å². The monoisotopic (exact) mass is 461 g/mol. The molecule has 1 N–H and O–H groups in total. The van der Waals surface area contributed by atoms with Crippen molar-refractivity contribution in [3.05, 3.63) is 35.6 Å². The molecule has 0 radical (unpaired) electrons. The number of ether oxygens (including phenoxy) is 1. The number of nitrogens with one attached hydrogen (secondary N) is 1. The predicted molar refractivity (Wildman–Crippen MR) is 110 cm³/mol. The molecule has 140 valence electrons. The molecule has 1 heterocycles. The van der Waals surface area contributed by atoms with Crippen LogP contribution in [0.5, 0.6) is 0 Å². The summed E-state index contributed by atoms with van der Waals surface area (Å²) in [5.41, 5.74) is 1.04. The molecule has 0 amide bonds. The highest BCUT2D eigenvalue weighted by Crippen LogP contribution is 2.51. The van der Waals surface area contributed by atoms with Crippen LogP contribution < -0.4 is 5.32 Å². The normalized spacial score (nSPS) is 27.6. The lowest BCUT2D eigenvalue weighted by atomic mass is 9.55. The smallest absolute Gasteiger partial charge is 0.193 e. The Hall–Kier alpha value is -0.890. The molecule has 4 nitrogen and oxygen atoms in total. The van der Waals surface area contributed by atoms with Crippen LogP contribution >= 0.6 is 24.0 Å². The summed E-state index contributed by atoms with van der Waals surface area (Å²) >= 11 is 0. The van der Waals surface area contributed by atoms with E-state index in [2.05, 4.69) is 24.2 Å². The number of nitrogens with zero attached hydrogens (tertiary/aromatic N) is 2. The van der Waals surface area contributed by atoms with Gasteiger partial charge in [-0.15, -0.1) is 24.0 Å². The molecule has 6 heteroatoms. The minimum absolute atomic E-state index is 0. The Morgan fingerprint density at radius 2 is 2.20 bits per heavy atom. The fraction of sp³-hybridized carbons (Fsp3) is 0.632. The molecule has 3 unspecified atom stereocenters. The topological polar surface area (TPSA) is 36.9 Å². The molecular formula is C19H29FIN3O. The molecule has 2 aliphatic rings. The standard InChI is InChI=1S/C19H28FN3O.HI/c1-19(2)16(15-9-6-10-24-17(15)19)22-18(21-3)23(4)12-13-7-5-8-14(20)11-13;/h5,7-8,11,15-17H,6,9-10,12H2,1-4H3,(H,21,22);1H. The first-order chi connectivity index (χ1) is 11.4. The van der Waals surface area contributed by atoms with Gasteiger partial charge in [0.2, 0.25) is 0 Å². The zero-order valence-corrected chi connectivity index (χ0v) is 17.8. The molecule has 1 aromatic carbocycles. The summed E-state index contributed by atoms with van der Waals surface area (Å²) in [5.74, 6) is 1.19. The zero-order valence-electron chi connectivity index (χ0n) is 15.5. The fourth-order valence-electron chi connectivity index (χ4n) is 4.28. The van der Waals surface area contributed by atoms with E-state index in [0.717, 1.165) is 24.6 Å². The summed E-state index contributed by atoms with van der Waals surface area (Å²) < 4.78 is 19.4. The van der Waals surface area contributed by atoms with Gasteiger partial charge in [-0.25, -0.2) is 4.39 Å². The number of halogens is 2. The van der Waals surface area contributed by atoms with Gasteiger partial charge in [0, 0.05) is 44.6 Å². The molecule has 1 aliphatic carbocycles. The second kappa shape index (κ2) is 8.20. The fourth-order valence-corrected chi connectivity index (χ4v) is 4.28.